The van der Waals surface area contributed by atoms with E-state index in [1.807, 2.05) is 11.8 Å². The van der Waals surface area contributed by atoms with Crippen molar-refractivity contribution in [1.82, 2.24) is 10.2 Å². The molecule has 1 aliphatic carbocycles. The zero-order valence-corrected chi connectivity index (χ0v) is 12.6. The average Bonchev–Trinajstić information content (AvgIpc) is 2.87. The van der Waals surface area contributed by atoms with Crippen molar-refractivity contribution in [2.45, 2.75) is 38.3 Å². The molecule has 5 heteroatoms. The number of ether oxygens (including phenoxy) is 1. The molecular formula is C14H25N3OS. The van der Waals surface area contributed by atoms with Gasteiger partial charge in [0.15, 0.2) is 5.17 Å². The van der Waals surface area contributed by atoms with Gasteiger partial charge >= 0.3 is 0 Å². The fourth-order valence-electron chi connectivity index (χ4n) is 3.26. The molecule has 2 aliphatic heterocycles. The highest BCUT2D eigenvalue weighted by Gasteiger charge is 2.31. The number of hydrogen-bond acceptors (Lipinski definition) is 5. The second-order valence-electron chi connectivity index (χ2n) is 5.96. The molecular weight excluding hydrogens is 258 g/mol. The average molecular weight is 283 g/mol. The van der Waals surface area contributed by atoms with Crippen molar-refractivity contribution >= 4 is 16.9 Å². The first-order valence-electron chi connectivity index (χ1n) is 7.58. The third-order valence-corrected chi connectivity index (χ3v) is 5.43. The normalized spacial score (nSPS) is 33.6. The zero-order chi connectivity index (χ0) is 13.1. The summed E-state index contributed by atoms with van der Waals surface area (Å²) in [5, 5.41) is 4.79. The number of aliphatic imine (C=N–C) groups is 1. The topological polar surface area (TPSA) is 36.9 Å². The van der Waals surface area contributed by atoms with Gasteiger partial charge in [0.2, 0.25) is 0 Å². The van der Waals surface area contributed by atoms with Crippen LogP contribution in [0.3, 0.4) is 0 Å². The van der Waals surface area contributed by atoms with Crippen LogP contribution in [-0.4, -0.2) is 60.8 Å². The van der Waals surface area contributed by atoms with Crippen LogP contribution in [0.4, 0.5) is 0 Å². The van der Waals surface area contributed by atoms with Gasteiger partial charge in [-0.15, -0.1) is 0 Å². The molecule has 1 N–H and O–H groups in total. The van der Waals surface area contributed by atoms with Crippen LogP contribution in [0.25, 0.3) is 0 Å². The number of nitrogens with zero attached hydrogens (tertiary/aromatic N) is 2. The molecule has 1 saturated heterocycles. The molecule has 3 aliphatic rings. The lowest BCUT2D eigenvalue weighted by molar-refractivity contribution is 0.0353. The van der Waals surface area contributed by atoms with Gasteiger partial charge in [-0.25, -0.2) is 0 Å². The van der Waals surface area contributed by atoms with Crippen molar-refractivity contribution in [3.8, 4) is 0 Å². The molecule has 108 valence electrons. The molecule has 2 heterocycles. The van der Waals surface area contributed by atoms with Gasteiger partial charge in [0.05, 0.1) is 19.3 Å². The van der Waals surface area contributed by atoms with Crippen molar-refractivity contribution in [1.29, 1.82) is 0 Å². The highest BCUT2D eigenvalue weighted by atomic mass is 32.2. The van der Waals surface area contributed by atoms with Gasteiger partial charge in [-0.1, -0.05) is 18.2 Å². The Morgan fingerprint density at radius 2 is 2.26 bits per heavy atom. The second kappa shape index (κ2) is 6.46. The van der Waals surface area contributed by atoms with E-state index in [4.69, 9.17) is 9.73 Å². The SMILES string of the molecule is CC(CN1CCOCC1)NC1=NC2CCCC2CS1. The smallest absolute Gasteiger partial charge is 0.157 e. The van der Waals surface area contributed by atoms with Gasteiger partial charge in [0, 0.05) is 31.4 Å². The summed E-state index contributed by atoms with van der Waals surface area (Å²) in [6.07, 6.45) is 4.06. The minimum atomic E-state index is 0.474. The van der Waals surface area contributed by atoms with Gasteiger partial charge in [-0.2, -0.15) is 0 Å². The van der Waals surface area contributed by atoms with E-state index >= 15 is 0 Å². The van der Waals surface area contributed by atoms with Crippen molar-refractivity contribution in [3.05, 3.63) is 0 Å². The minimum absolute atomic E-state index is 0.474. The third-order valence-electron chi connectivity index (χ3n) is 4.34. The van der Waals surface area contributed by atoms with E-state index < -0.39 is 0 Å². The predicted molar refractivity (Wildman–Crippen MR) is 80.9 cm³/mol. The number of thioether (sulfide) groups is 1. The van der Waals surface area contributed by atoms with Crippen molar-refractivity contribution in [2.75, 3.05) is 38.6 Å². The van der Waals surface area contributed by atoms with Crippen LogP contribution in [0.1, 0.15) is 26.2 Å². The summed E-state index contributed by atoms with van der Waals surface area (Å²) in [5.74, 6) is 2.12. The van der Waals surface area contributed by atoms with E-state index in [1.165, 1.54) is 30.2 Å². The van der Waals surface area contributed by atoms with Crippen LogP contribution in [0.15, 0.2) is 4.99 Å². The summed E-state index contributed by atoms with van der Waals surface area (Å²) in [6, 6.07) is 1.08. The van der Waals surface area contributed by atoms with E-state index in [-0.39, 0.29) is 0 Å². The highest BCUT2D eigenvalue weighted by Crippen LogP contribution is 2.35. The highest BCUT2D eigenvalue weighted by molar-refractivity contribution is 8.13. The predicted octanol–water partition coefficient (Wildman–Crippen LogP) is 1.57. The van der Waals surface area contributed by atoms with Gasteiger partial charge in [-0.3, -0.25) is 9.89 Å². The van der Waals surface area contributed by atoms with Crippen LogP contribution in [-0.2, 0) is 4.74 Å². The fraction of sp³-hybridized carbons (Fsp3) is 0.929. The molecule has 3 unspecified atom stereocenters. The Kier molecular flexibility index (Phi) is 4.66. The van der Waals surface area contributed by atoms with Crippen LogP contribution in [0, 0.1) is 5.92 Å². The van der Waals surface area contributed by atoms with Gasteiger partial charge in [0.25, 0.3) is 0 Å². The molecule has 4 nitrogen and oxygen atoms in total. The molecule has 0 spiro atoms. The maximum Gasteiger partial charge on any atom is 0.157 e. The van der Waals surface area contributed by atoms with Gasteiger partial charge < -0.3 is 10.1 Å². The molecule has 0 aromatic rings. The van der Waals surface area contributed by atoms with Crippen LogP contribution >= 0.6 is 11.8 Å². The molecule has 0 amide bonds. The van der Waals surface area contributed by atoms with Crippen molar-refractivity contribution in [2.24, 2.45) is 10.9 Å². The maximum atomic E-state index is 5.39. The molecule has 0 aromatic heterocycles. The molecule has 1 saturated carbocycles. The number of rotatable bonds is 3. The van der Waals surface area contributed by atoms with Gasteiger partial charge in [-0.05, 0) is 25.7 Å². The van der Waals surface area contributed by atoms with E-state index in [1.54, 1.807) is 0 Å². The molecule has 0 aromatic carbocycles. The first-order valence-corrected chi connectivity index (χ1v) is 8.57. The first-order chi connectivity index (χ1) is 9.31. The zero-order valence-electron chi connectivity index (χ0n) is 11.8. The number of hydrogen-bond donors (Lipinski definition) is 1. The van der Waals surface area contributed by atoms with E-state index in [0.717, 1.165) is 38.8 Å². The first kappa shape index (κ1) is 13.7. The Labute approximate surface area is 120 Å². The summed E-state index contributed by atoms with van der Waals surface area (Å²) >= 11 is 1.93. The van der Waals surface area contributed by atoms with Crippen LogP contribution < -0.4 is 5.32 Å². The molecule has 19 heavy (non-hydrogen) atoms. The number of fused-ring (bicyclic) bond motifs is 1. The molecule has 3 atom stereocenters. The van der Waals surface area contributed by atoms with Crippen molar-refractivity contribution < 1.29 is 4.74 Å². The standard InChI is InChI=1S/C14H25N3OS/c1-11(9-17-5-7-18-8-6-17)15-14-16-13-4-2-3-12(13)10-19-14/h11-13H,2-10H2,1H3,(H,15,16). The quantitative estimate of drug-likeness (QED) is 0.853. The lowest BCUT2D eigenvalue weighted by atomic mass is 10.1. The van der Waals surface area contributed by atoms with Gasteiger partial charge in [0.1, 0.15) is 0 Å². The Balaban J connectivity index is 1.47. The summed E-state index contributed by atoms with van der Waals surface area (Å²) in [5.41, 5.74) is 0. The van der Waals surface area contributed by atoms with E-state index in [9.17, 15) is 0 Å². The van der Waals surface area contributed by atoms with E-state index in [2.05, 4.69) is 17.1 Å². The van der Waals surface area contributed by atoms with E-state index in [0.29, 0.717) is 12.1 Å². The molecule has 2 fully saturated rings. The Morgan fingerprint density at radius 3 is 3.11 bits per heavy atom. The third kappa shape index (κ3) is 3.64. The van der Waals surface area contributed by atoms with Crippen LogP contribution in [0.5, 0.6) is 0 Å². The lowest BCUT2D eigenvalue weighted by Gasteiger charge is -2.31. The Morgan fingerprint density at radius 1 is 1.42 bits per heavy atom. The Bertz CT molecular complexity index is 331. The summed E-state index contributed by atoms with van der Waals surface area (Å²) < 4.78 is 5.39. The second-order valence-corrected chi connectivity index (χ2v) is 6.97. The lowest BCUT2D eigenvalue weighted by Crippen LogP contribution is -2.46. The number of nitrogens with one attached hydrogen (secondary N) is 1. The van der Waals surface area contributed by atoms with Crippen molar-refractivity contribution in [3.63, 3.8) is 0 Å². The van der Waals surface area contributed by atoms with Crippen LogP contribution in [0.2, 0.25) is 0 Å². The molecule has 0 bridgehead atoms. The molecule has 3 rings (SSSR count). The Hall–Kier alpha value is -0.260. The largest absolute Gasteiger partial charge is 0.379 e. The monoisotopic (exact) mass is 283 g/mol. The molecule has 0 radical (unpaired) electrons. The number of amidine groups is 1. The summed E-state index contributed by atoms with van der Waals surface area (Å²) in [7, 11) is 0. The fourth-order valence-corrected chi connectivity index (χ4v) is 4.52. The maximum absolute atomic E-state index is 5.39. The summed E-state index contributed by atoms with van der Waals surface area (Å²) in [6.45, 7) is 7.25. The minimum Gasteiger partial charge on any atom is -0.379 e. The number of morpholine rings is 1. The summed E-state index contributed by atoms with van der Waals surface area (Å²) in [4.78, 5) is 7.38.